The van der Waals surface area contributed by atoms with Gasteiger partial charge in [0.1, 0.15) is 6.04 Å². The maximum absolute atomic E-state index is 10.9. The van der Waals surface area contributed by atoms with Crippen LogP contribution in [0.25, 0.3) is 0 Å². The molecule has 0 fully saturated rings. The number of carboxylic acid groups (broad SMARTS) is 1. The second-order valence-electron chi connectivity index (χ2n) is 2.94. The predicted molar refractivity (Wildman–Crippen MR) is 51.1 cm³/mol. The molecule has 1 amide bonds. The lowest BCUT2D eigenvalue weighted by Crippen LogP contribution is -2.39. The van der Waals surface area contributed by atoms with Crippen LogP contribution in [0.4, 0.5) is 0 Å². The Balaban J connectivity index is 4.01. The molecule has 0 aromatic carbocycles. The van der Waals surface area contributed by atoms with Crippen molar-refractivity contribution in [1.82, 2.24) is 5.32 Å². The molecule has 0 aromatic rings. The lowest BCUT2D eigenvalue weighted by Gasteiger charge is -2.12. The van der Waals surface area contributed by atoms with Crippen molar-refractivity contribution in [2.45, 2.75) is 32.7 Å². The third-order valence-corrected chi connectivity index (χ3v) is 1.62. The molecule has 0 aliphatic rings. The van der Waals surface area contributed by atoms with Crippen molar-refractivity contribution >= 4 is 17.8 Å². The molecule has 0 saturated carbocycles. The molecule has 0 aliphatic carbocycles. The van der Waals surface area contributed by atoms with Crippen molar-refractivity contribution in [3.63, 3.8) is 0 Å². The van der Waals surface area contributed by atoms with Gasteiger partial charge in [-0.05, 0) is 13.3 Å². The molecule has 0 unspecified atom stereocenters. The monoisotopic (exact) mass is 217 g/mol. The number of carbonyl (C=O) groups excluding carboxylic acids is 2. The fourth-order valence-corrected chi connectivity index (χ4v) is 0.998. The molecule has 0 aromatic heterocycles. The number of nitrogens with one attached hydrogen (secondary N) is 1. The minimum atomic E-state index is -1.16. The summed E-state index contributed by atoms with van der Waals surface area (Å²) < 4.78 is 4.63. The highest BCUT2D eigenvalue weighted by atomic mass is 16.5. The fourth-order valence-electron chi connectivity index (χ4n) is 0.998. The maximum atomic E-state index is 10.9. The first-order valence-corrected chi connectivity index (χ1v) is 4.63. The van der Waals surface area contributed by atoms with E-state index in [1.807, 2.05) is 0 Å². The van der Waals surface area contributed by atoms with E-state index in [0.29, 0.717) is 0 Å². The van der Waals surface area contributed by atoms with E-state index in [4.69, 9.17) is 5.11 Å². The normalized spacial score (nSPS) is 11.6. The second-order valence-corrected chi connectivity index (χ2v) is 2.94. The lowest BCUT2D eigenvalue weighted by atomic mass is 10.1. The summed E-state index contributed by atoms with van der Waals surface area (Å²) in [7, 11) is 0. The van der Waals surface area contributed by atoms with Crippen LogP contribution in [0.5, 0.6) is 0 Å². The van der Waals surface area contributed by atoms with Crippen molar-refractivity contribution in [3.8, 4) is 0 Å². The van der Waals surface area contributed by atoms with E-state index >= 15 is 0 Å². The number of hydrogen-bond donors (Lipinski definition) is 2. The van der Waals surface area contributed by atoms with Crippen LogP contribution in [-0.4, -0.2) is 35.6 Å². The Morgan fingerprint density at radius 2 is 2.00 bits per heavy atom. The Hall–Kier alpha value is -1.59. The third-order valence-electron chi connectivity index (χ3n) is 1.62. The van der Waals surface area contributed by atoms with E-state index in [0.717, 1.165) is 0 Å². The summed E-state index contributed by atoms with van der Waals surface area (Å²) in [5.74, 6) is -2.06. The lowest BCUT2D eigenvalue weighted by molar-refractivity contribution is -0.145. The number of aliphatic carboxylic acids is 1. The molecular formula is C9H15NO5. The molecule has 0 bridgehead atoms. The van der Waals surface area contributed by atoms with Gasteiger partial charge in [-0.2, -0.15) is 0 Å². The van der Waals surface area contributed by atoms with E-state index in [1.165, 1.54) is 6.92 Å². The van der Waals surface area contributed by atoms with Crippen molar-refractivity contribution in [1.29, 1.82) is 0 Å². The zero-order chi connectivity index (χ0) is 11.8. The molecule has 6 nitrogen and oxygen atoms in total. The van der Waals surface area contributed by atoms with Crippen molar-refractivity contribution in [3.05, 3.63) is 0 Å². The first-order valence-electron chi connectivity index (χ1n) is 4.63. The third kappa shape index (κ3) is 6.48. The standard InChI is InChI=1S/C9H15NO5/c1-3-15-8(12)5-4-7(9(13)14)10-6(2)11/h7H,3-5H2,1-2H3,(H,10,11)(H,13,14)/t7-/m1/s1. The Bertz CT molecular complexity index is 251. The van der Waals surface area contributed by atoms with Gasteiger partial charge in [-0.1, -0.05) is 0 Å². The second kappa shape index (κ2) is 6.80. The van der Waals surface area contributed by atoms with Gasteiger partial charge in [-0.15, -0.1) is 0 Å². The van der Waals surface area contributed by atoms with Crippen molar-refractivity contribution in [2.24, 2.45) is 0 Å². The van der Waals surface area contributed by atoms with Gasteiger partial charge in [-0.25, -0.2) is 4.79 Å². The molecule has 2 N–H and O–H groups in total. The van der Waals surface area contributed by atoms with Gasteiger partial charge >= 0.3 is 11.9 Å². The van der Waals surface area contributed by atoms with Crippen molar-refractivity contribution < 1.29 is 24.2 Å². The molecule has 1 atom stereocenters. The van der Waals surface area contributed by atoms with E-state index in [-0.39, 0.29) is 19.4 Å². The van der Waals surface area contributed by atoms with Crippen LogP contribution in [0.15, 0.2) is 0 Å². The van der Waals surface area contributed by atoms with Gasteiger partial charge in [0.2, 0.25) is 5.91 Å². The van der Waals surface area contributed by atoms with Crippen LogP contribution in [0.1, 0.15) is 26.7 Å². The minimum absolute atomic E-state index is 0.0227. The number of rotatable bonds is 6. The average molecular weight is 217 g/mol. The number of hydrogen-bond acceptors (Lipinski definition) is 4. The highest BCUT2D eigenvalue weighted by Gasteiger charge is 2.19. The van der Waals surface area contributed by atoms with Gasteiger partial charge in [0.25, 0.3) is 0 Å². The minimum Gasteiger partial charge on any atom is -0.480 e. The van der Waals surface area contributed by atoms with Gasteiger partial charge in [0.15, 0.2) is 0 Å². The molecule has 6 heteroatoms. The number of ether oxygens (including phenoxy) is 1. The highest BCUT2D eigenvalue weighted by Crippen LogP contribution is 2.00. The average Bonchev–Trinajstić information content (AvgIpc) is 2.11. The summed E-state index contributed by atoms with van der Waals surface area (Å²) in [6.07, 6.45) is 0.0127. The molecule has 0 spiro atoms. The summed E-state index contributed by atoms with van der Waals surface area (Å²) in [4.78, 5) is 32.2. The fraction of sp³-hybridized carbons (Fsp3) is 0.667. The number of esters is 1. The molecule has 86 valence electrons. The number of carboxylic acids is 1. The number of carbonyl (C=O) groups is 3. The van der Waals surface area contributed by atoms with Crippen LogP contribution in [0.2, 0.25) is 0 Å². The predicted octanol–water partition coefficient (Wildman–Crippen LogP) is -0.0810. The van der Waals surface area contributed by atoms with E-state index in [9.17, 15) is 14.4 Å². The molecule has 0 radical (unpaired) electrons. The van der Waals surface area contributed by atoms with Gasteiger partial charge < -0.3 is 15.2 Å². The van der Waals surface area contributed by atoms with E-state index < -0.39 is 23.9 Å². The SMILES string of the molecule is CCOC(=O)CC[C@@H](NC(C)=O)C(=O)O. The Labute approximate surface area is 87.6 Å². The van der Waals surface area contributed by atoms with Gasteiger partial charge in [0.05, 0.1) is 6.61 Å². The van der Waals surface area contributed by atoms with Gasteiger partial charge in [0, 0.05) is 13.3 Å². The molecule has 0 aliphatic heterocycles. The Kier molecular flexibility index (Phi) is 6.08. The zero-order valence-electron chi connectivity index (χ0n) is 8.78. The quantitative estimate of drug-likeness (QED) is 0.607. The van der Waals surface area contributed by atoms with Crippen LogP contribution < -0.4 is 5.32 Å². The number of amides is 1. The molecule has 0 saturated heterocycles. The first-order chi connectivity index (χ1) is 6.97. The highest BCUT2D eigenvalue weighted by molar-refractivity contribution is 5.82. The molecule has 15 heavy (non-hydrogen) atoms. The summed E-state index contributed by atoms with van der Waals surface area (Å²) >= 11 is 0. The summed E-state index contributed by atoms with van der Waals surface area (Å²) in [6.45, 7) is 3.15. The molecule has 0 heterocycles. The Morgan fingerprint density at radius 3 is 2.40 bits per heavy atom. The largest absolute Gasteiger partial charge is 0.480 e. The molecular weight excluding hydrogens is 202 g/mol. The van der Waals surface area contributed by atoms with Crippen LogP contribution in [0, 0.1) is 0 Å². The van der Waals surface area contributed by atoms with E-state index in [2.05, 4.69) is 10.1 Å². The Morgan fingerprint density at radius 1 is 1.40 bits per heavy atom. The summed E-state index contributed by atoms with van der Waals surface area (Å²) in [5, 5.41) is 10.9. The van der Waals surface area contributed by atoms with Crippen LogP contribution >= 0.6 is 0 Å². The zero-order valence-corrected chi connectivity index (χ0v) is 8.78. The van der Waals surface area contributed by atoms with E-state index in [1.54, 1.807) is 6.92 Å². The van der Waals surface area contributed by atoms with Crippen molar-refractivity contribution in [2.75, 3.05) is 6.61 Å². The maximum Gasteiger partial charge on any atom is 0.326 e. The summed E-state index contributed by atoms with van der Waals surface area (Å²) in [6, 6.07) is -1.04. The topological polar surface area (TPSA) is 92.7 Å². The van der Waals surface area contributed by atoms with Gasteiger partial charge in [-0.3, -0.25) is 9.59 Å². The molecule has 0 rings (SSSR count). The smallest absolute Gasteiger partial charge is 0.326 e. The van der Waals surface area contributed by atoms with Crippen LogP contribution in [-0.2, 0) is 19.1 Å². The van der Waals surface area contributed by atoms with Crippen LogP contribution in [0.3, 0.4) is 0 Å². The summed E-state index contributed by atoms with van der Waals surface area (Å²) in [5.41, 5.74) is 0. The first kappa shape index (κ1) is 13.4.